The number of carboxylic acid groups (broad SMARTS) is 1. The molecule has 0 saturated heterocycles. The van der Waals surface area contributed by atoms with Gasteiger partial charge in [-0.2, -0.15) is 0 Å². The molecule has 8 heteroatoms. The molecule has 4 rings (SSSR count). The van der Waals surface area contributed by atoms with Crippen molar-refractivity contribution in [1.29, 1.82) is 0 Å². The molecule has 1 aliphatic carbocycles. The Labute approximate surface area is 167 Å². The number of benzene rings is 1. The molecule has 1 saturated carbocycles. The molecule has 1 unspecified atom stereocenters. The van der Waals surface area contributed by atoms with Crippen molar-refractivity contribution in [3.63, 3.8) is 0 Å². The van der Waals surface area contributed by atoms with Gasteiger partial charge >= 0.3 is 6.09 Å². The molecule has 1 aliphatic rings. The van der Waals surface area contributed by atoms with Crippen LogP contribution in [-0.4, -0.2) is 37.8 Å². The molecular formula is C20H22ClN5O2. The lowest BCUT2D eigenvalue weighted by molar-refractivity contribution is 0.185. The highest BCUT2D eigenvalue weighted by molar-refractivity contribution is 6.33. The van der Waals surface area contributed by atoms with E-state index in [1.54, 1.807) is 6.20 Å². The van der Waals surface area contributed by atoms with Gasteiger partial charge in [-0.05, 0) is 31.7 Å². The summed E-state index contributed by atoms with van der Waals surface area (Å²) in [6.07, 6.45) is 6.13. The van der Waals surface area contributed by atoms with E-state index in [1.165, 1.54) is 0 Å². The van der Waals surface area contributed by atoms with Gasteiger partial charge in [-0.3, -0.25) is 0 Å². The lowest BCUT2D eigenvalue weighted by Gasteiger charge is -2.29. The van der Waals surface area contributed by atoms with E-state index in [9.17, 15) is 4.79 Å². The Morgan fingerprint density at radius 3 is 2.89 bits per heavy atom. The Kier molecular flexibility index (Phi) is 5.09. The summed E-state index contributed by atoms with van der Waals surface area (Å²) >= 11 is 6.43. The second-order valence-corrected chi connectivity index (χ2v) is 7.62. The zero-order valence-corrected chi connectivity index (χ0v) is 16.3. The fraction of sp³-hybridized carbons (Fsp3) is 0.350. The van der Waals surface area contributed by atoms with Crippen LogP contribution in [0, 0.1) is 0 Å². The average molecular weight is 400 g/mol. The summed E-state index contributed by atoms with van der Waals surface area (Å²) < 4.78 is 2.06. The third-order valence-electron chi connectivity index (χ3n) is 5.23. The number of carbonyl (C=O) groups is 1. The Morgan fingerprint density at radius 1 is 1.29 bits per heavy atom. The first-order valence-electron chi connectivity index (χ1n) is 9.34. The summed E-state index contributed by atoms with van der Waals surface area (Å²) in [5.41, 5.74) is 2.76. The maximum absolute atomic E-state index is 10.9. The molecule has 146 valence electrons. The zero-order valence-electron chi connectivity index (χ0n) is 15.5. The summed E-state index contributed by atoms with van der Waals surface area (Å²) in [5, 5.41) is 16.5. The van der Waals surface area contributed by atoms with Gasteiger partial charge in [0.2, 0.25) is 5.95 Å². The molecule has 0 radical (unpaired) electrons. The number of hydrogen-bond acceptors (Lipinski definition) is 4. The van der Waals surface area contributed by atoms with E-state index in [4.69, 9.17) is 16.7 Å². The van der Waals surface area contributed by atoms with Crippen LogP contribution in [0.4, 0.5) is 10.7 Å². The lowest BCUT2D eigenvalue weighted by Crippen LogP contribution is -2.41. The van der Waals surface area contributed by atoms with Gasteiger partial charge in [0.15, 0.2) is 0 Å². The standard InChI is InChI=1S/C20H22ClN5O2/c1-26-11-15(14-7-2-3-8-17(14)26)18-16(21)10-22-19(25-18)23-12-5-4-6-13(9-12)24-20(27)28/h2-3,7-8,10-13,24H,4-6,9H2,1H3,(H,27,28)(H,22,23,25)/t12-,13?/m1/s1. The first-order valence-corrected chi connectivity index (χ1v) is 9.72. The van der Waals surface area contributed by atoms with Crippen LogP contribution in [0.25, 0.3) is 22.2 Å². The van der Waals surface area contributed by atoms with Crippen molar-refractivity contribution >= 4 is 34.5 Å². The van der Waals surface area contributed by atoms with E-state index in [0.29, 0.717) is 23.1 Å². The highest BCUT2D eigenvalue weighted by Crippen LogP contribution is 2.33. The zero-order chi connectivity index (χ0) is 19.7. The minimum Gasteiger partial charge on any atom is -0.465 e. The summed E-state index contributed by atoms with van der Waals surface area (Å²) in [7, 11) is 2.00. The van der Waals surface area contributed by atoms with Crippen LogP contribution in [-0.2, 0) is 7.05 Å². The van der Waals surface area contributed by atoms with Crippen LogP contribution in [0.2, 0.25) is 5.02 Å². The van der Waals surface area contributed by atoms with Crippen LogP contribution >= 0.6 is 11.6 Å². The van der Waals surface area contributed by atoms with Crippen molar-refractivity contribution in [1.82, 2.24) is 19.9 Å². The van der Waals surface area contributed by atoms with Crippen molar-refractivity contribution in [2.24, 2.45) is 7.05 Å². The van der Waals surface area contributed by atoms with Crippen LogP contribution in [0.1, 0.15) is 25.7 Å². The molecule has 2 aromatic heterocycles. The van der Waals surface area contributed by atoms with E-state index in [2.05, 4.69) is 37.3 Å². The normalized spacial score (nSPS) is 19.5. The van der Waals surface area contributed by atoms with Gasteiger partial charge in [-0.25, -0.2) is 14.8 Å². The van der Waals surface area contributed by atoms with E-state index >= 15 is 0 Å². The number of rotatable bonds is 4. The number of nitrogens with one attached hydrogen (secondary N) is 2. The van der Waals surface area contributed by atoms with Gasteiger partial charge in [0, 0.05) is 41.8 Å². The highest BCUT2D eigenvalue weighted by Gasteiger charge is 2.24. The van der Waals surface area contributed by atoms with Crippen LogP contribution < -0.4 is 10.6 Å². The second-order valence-electron chi connectivity index (χ2n) is 7.22. The smallest absolute Gasteiger partial charge is 0.404 e. The number of anilines is 1. The Hall–Kier alpha value is -2.80. The average Bonchev–Trinajstić information content (AvgIpc) is 3.00. The molecule has 1 aromatic carbocycles. The van der Waals surface area contributed by atoms with Crippen molar-refractivity contribution in [2.45, 2.75) is 37.8 Å². The van der Waals surface area contributed by atoms with Gasteiger partial charge in [0.25, 0.3) is 0 Å². The van der Waals surface area contributed by atoms with E-state index in [0.717, 1.165) is 35.7 Å². The second kappa shape index (κ2) is 7.67. The Bertz CT molecular complexity index is 1020. The number of para-hydroxylation sites is 1. The molecule has 3 N–H and O–H groups in total. The quantitative estimate of drug-likeness (QED) is 0.609. The first-order chi connectivity index (χ1) is 13.5. The third-order valence-corrected chi connectivity index (χ3v) is 5.51. The third kappa shape index (κ3) is 3.75. The number of aromatic nitrogens is 3. The number of fused-ring (bicyclic) bond motifs is 1. The first kappa shape index (κ1) is 18.6. The van der Waals surface area contributed by atoms with E-state index in [1.807, 2.05) is 25.4 Å². The van der Waals surface area contributed by atoms with Crippen LogP contribution in [0.5, 0.6) is 0 Å². The maximum Gasteiger partial charge on any atom is 0.404 e. The fourth-order valence-corrected chi connectivity index (χ4v) is 4.16. The van der Waals surface area contributed by atoms with E-state index < -0.39 is 6.09 Å². The van der Waals surface area contributed by atoms with Gasteiger partial charge in [-0.15, -0.1) is 0 Å². The van der Waals surface area contributed by atoms with E-state index in [-0.39, 0.29) is 12.1 Å². The Balaban J connectivity index is 1.60. The fourth-order valence-electron chi connectivity index (χ4n) is 3.97. The van der Waals surface area contributed by atoms with Gasteiger partial charge in [-0.1, -0.05) is 29.8 Å². The van der Waals surface area contributed by atoms with Gasteiger partial charge in [0.1, 0.15) is 0 Å². The number of aryl methyl sites for hydroxylation is 1. The topological polar surface area (TPSA) is 92.1 Å². The lowest BCUT2D eigenvalue weighted by atomic mass is 9.91. The molecule has 0 bridgehead atoms. The summed E-state index contributed by atoms with van der Waals surface area (Å²) in [5.74, 6) is 0.508. The molecule has 2 heterocycles. The predicted molar refractivity (Wildman–Crippen MR) is 110 cm³/mol. The van der Waals surface area contributed by atoms with Gasteiger partial charge in [0.05, 0.1) is 16.9 Å². The molecule has 28 heavy (non-hydrogen) atoms. The number of amides is 1. The number of halogens is 1. The minimum absolute atomic E-state index is 0.0476. The molecule has 0 aliphatic heterocycles. The van der Waals surface area contributed by atoms with Crippen LogP contribution in [0.3, 0.4) is 0 Å². The molecule has 1 fully saturated rings. The van der Waals surface area contributed by atoms with Crippen molar-refractivity contribution < 1.29 is 9.90 Å². The summed E-state index contributed by atoms with van der Waals surface area (Å²) in [4.78, 5) is 19.9. The Morgan fingerprint density at radius 2 is 2.07 bits per heavy atom. The summed E-state index contributed by atoms with van der Waals surface area (Å²) in [6.45, 7) is 0. The molecule has 7 nitrogen and oxygen atoms in total. The largest absolute Gasteiger partial charge is 0.465 e. The van der Waals surface area contributed by atoms with Crippen LogP contribution in [0.15, 0.2) is 36.7 Å². The SMILES string of the molecule is Cn1cc(-c2nc(N[C@@H]3CCCC(NC(=O)O)C3)ncc2Cl)c2ccccc21. The van der Waals surface area contributed by atoms with Crippen molar-refractivity contribution in [3.8, 4) is 11.3 Å². The minimum atomic E-state index is -0.980. The molecule has 3 aromatic rings. The highest BCUT2D eigenvalue weighted by atomic mass is 35.5. The predicted octanol–water partition coefficient (Wildman–Crippen LogP) is 4.28. The summed E-state index contributed by atoms with van der Waals surface area (Å²) in [6, 6.07) is 8.19. The molecular weight excluding hydrogens is 378 g/mol. The maximum atomic E-state index is 10.9. The number of nitrogens with zero attached hydrogens (tertiary/aromatic N) is 3. The van der Waals surface area contributed by atoms with Crippen molar-refractivity contribution in [3.05, 3.63) is 41.7 Å². The number of hydrogen-bond donors (Lipinski definition) is 3. The van der Waals surface area contributed by atoms with Crippen molar-refractivity contribution in [2.75, 3.05) is 5.32 Å². The molecule has 0 spiro atoms. The molecule has 2 atom stereocenters. The van der Waals surface area contributed by atoms with Gasteiger partial charge < -0.3 is 20.3 Å². The molecule has 1 amide bonds. The monoisotopic (exact) mass is 399 g/mol.